The lowest BCUT2D eigenvalue weighted by Crippen LogP contribution is -2.48. The van der Waals surface area contributed by atoms with E-state index < -0.39 is 9.84 Å². The van der Waals surface area contributed by atoms with Crippen molar-refractivity contribution in [2.75, 3.05) is 37.7 Å². The quantitative estimate of drug-likeness (QED) is 0.707. The molecule has 7 heteroatoms. The summed E-state index contributed by atoms with van der Waals surface area (Å²) in [5.41, 5.74) is 0. The summed E-state index contributed by atoms with van der Waals surface area (Å²) >= 11 is 0. The summed E-state index contributed by atoms with van der Waals surface area (Å²) in [7, 11) is -2.93. The zero-order valence-corrected chi connectivity index (χ0v) is 12.9. The summed E-state index contributed by atoms with van der Waals surface area (Å²) in [6, 6.07) is 0.263. The van der Waals surface area contributed by atoms with Gasteiger partial charge >= 0.3 is 0 Å². The Balaban J connectivity index is 1.80. The van der Waals surface area contributed by atoms with Crippen LogP contribution in [-0.2, 0) is 14.6 Å². The van der Waals surface area contributed by atoms with Crippen molar-refractivity contribution in [3.05, 3.63) is 0 Å². The Morgan fingerprint density at radius 2 is 2.00 bits per heavy atom. The van der Waals surface area contributed by atoms with E-state index in [9.17, 15) is 13.2 Å². The molecule has 0 bridgehead atoms. The Kier molecular flexibility index (Phi) is 5.40. The van der Waals surface area contributed by atoms with Crippen molar-refractivity contribution in [2.24, 2.45) is 0 Å². The molecule has 2 heterocycles. The summed E-state index contributed by atoms with van der Waals surface area (Å²) in [4.78, 5) is 14.3. The second-order valence-electron chi connectivity index (χ2n) is 5.71. The molecule has 0 spiro atoms. The molecule has 2 aliphatic heterocycles. The number of sulfone groups is 1. The molecule has 116 valence electrons. The fraction of sp³-hybridized carbons (Fsp3) is 0.923. The van der Waals surface area contributed by atoms with Crippen LogP contribution in [-0.4, -0.2) is 69.0 Å². The van der Waals surface area contributed by atoms with E-state index in [1.165, 1.54) is 0 Å². The van der Waals surface area contributed by atoms with Gasteiger partial charge in [-0.1, -0.05) is 6.92 Å². The molecule has 2 aliphatic rings. The normalized spacial score (nSPS) is 26.8. The van der Waals surface area contributed by atoms with Crippen LogP contribution in [0.1, 0.15) is 26.2 Å². The molecule has 20 heavy (non-hydrogen) atoms. The minimum atomic E-state index is -2.93. The van der Waals surface area contributed by atoms with E-state index in [0.717, 1.165) is 32.5 Å². The van der Waals surface area contributed by atoms with Gasteiger partial charge in [0, 0.05) is 12.1 Å². The second-order valence-corrected chi connectivity index (χ2v) is 7.94. The Bertz CT molecular complexity index is 432. The van der Waals surface area contributed by atoms with Crippen LogP contribution in [0.3, 0.4) is 0 Å². The van der Waals surface area contributed by atoms with Gasteiger partial charge in [0.15, 0.2) is 9.84 Å². The van der Waals surface area contributed by atoms with E-state index in [1.807, 2.05) is 0 Å². The molecular formula is C13H25N3O3S. The van der Waals surface area contributed by atoms with Gasteiger partial charge in [-0.25, -0.2) is 8.42 Å². The van der Waals surface area contributed by atoms with Crippen LogP contribution in [0.5, 0.6) is 0 Å². The number of nitrogens with one attached hydrogen (secondary N) is 2. The van der Waals surface area contributed by atoms with Crippen LogP contribution in [0, 0.1) is 0 Å². The molecule has 1 amide bonds. The van der Waals surface area contributed by atoms with Crippen LogP contribution in [0.25, 0.3) is 0 Å². The zero-order chi connectivity index (χ0) is 14.6. The highest BCUT2D eigenvalue weighted by Gasteiger charge is 2.29. The molecule has 2 fully saturated rings. The number of piperidine rings is 1. The molecule has 0 aliphatic carbocycles. The SMILES string of the molecule is CCN(CC(=O)NC1CCS(=O)(=O)C1)C1CCNCC1. The first kappa shape index (κ1) is 15.7. The molecule has 0 radical (unpaired) electrons. The van der Waals surface area contributed by atoms with Crippen molar-refractivity contribution < 1.29 is 13.2 Å². The van der Waals surface area contributed by atoms with Gasteiger partial charge in [0.25, 0.3) is 0 Å². The first-order valence-corrected chi connectivity index (χ1v) is 9.27. The van der Waals surface area contributed by atoms with E-state index in [2.05, 4.69) is 22.5 Å². The lowest BCUT2D eigenvalue weighted by molar-refractivity contribution is -0.123. The maximum Gasteiger partial charge on any atom is 0.234 e. The van der Waals surface area contributed by atoms with Gasteiger partial charge < -0.3 is 10.6 Å². The zero-order valence-electron chi connectivity index (χ0n) is 12.1. The van der Waals surface area contributed by atoms with Crippen molar-refractivity contribution in [3.8, 4) is 0 Å². The predicted molar refractivity (Wildman–Crippen MR) is 78.3 cm³/mol. The van der Waals surface area contributed by atoms with Crippen LogP contribution in [0.15, 0.2) is 0 Å². The van der Waals surface area contributed by atoms with E-state index in [0.29, 0.717) is 19.0 Å². The van der Waals surface area contributed by atoms with E-state index in [-0.39, 0.29) is 23.5 Å². The highest BCUT2D eigenvalue weighted by Crippen LogP contribution is 2.13. The number of likely N-dealkylation sites (N-methyl/N-ethyl adjacent to an activating group) is 1. The largest absolute Gasteiger partial charge is 0.351 e. The van der Waals surface area contributed by atoms with Crippen molar-refractivity contribution in [1.82, 2.24) is 15.5 Å². The van der Waals surface area contributed by atoms with Gasteiger partial charge in [0.2, 0.25) is 5.91 Å². The third-order valence-corrected chi connectivity index (χ3v) is 5.94. The summed E-state index contributed by atoms with van der Waals surface area (Å²) in [5.74, 6) is 0.245. The van der Waals surface area contributed by atoms with Gasteiger partial charge in [-0.3, -0.25) is 9.69 Å². The Morgan fingerprint density at radius 1 is 1.30 bits per heavy atom. The van der Waals surface area contributed by atoms with Gasteiger partial charge in [-0.15, -0.1) is 0 Å². The van der Waals surface area contributed by atoms with E-state index in [1.54, 1.807) is 0 Å². The average molecular weight is 303 g/mol. The fourth-order valence-corrected chi connectivity index (χ4v) is 4.71. The minimum absolute atomic E-state index is 0.0486. The number of nitrogens with zero attached hydrogens (tertiary/aromatic N) is 1. The standard InChI is InChI=1S/C13H25N3O3S/c1-2-16(12-3-6-14-7-4-12)9-13(17)15-11-5-8-20(18,19)10-11/h11-12,14H,2-10H2,1H3,(H,15,17). The molecule has 2 saturated heterocycles. The van der Waals surface area contributed by atoms with E-state index >= 15 is 0 Å². The highest BCUT2D eigenvalue weighted by molar-refractivity contribution is 7.91. The first-order chi connectivity index (χ1) is 9.50. The van der Waals surface area contributed by atoms with Crippen molar-refractivity contribution in [2.45, 2.75) is 38.3 Å². The number of carbonyl (C=O) groups excluding carboxylic acids is 1. The number of amides is 1. The molecular weight excluding hydrogens is 278 g/mol. The smallest absolute Gasteiger partial charge is 0.234 e. The predicted octanol–water partition coefficient (Wildman–Crippen LogP) is -0.636. The first-order valence-electron chi connectivity index (χ1n) is 7.44. The van der Waals surface area contributed by atoms with Gasteiger partial charge in [0.1, 0.15) is 0 Å². The minimum Gasteiger partial charge on any atom is -0.351 e. The lowest BCUT2D eigenvalue weighted by atomic mass is 10.0. The summed E-state index contributed by atoms with van der Waals surface area (Å²) in [6.45, 7) is 5.29. The maximum absolute atomic E-state index is 12.1. The van der Waals surface area contributed by atoms with Crippen LogP contribution >= 0.6 is 0 Å². The topological polar surface area (TPSA) is 78.5 Å². The van der Waals surface area contributed by atoms with Gasteiger partial charge in [-0.05, 0) is 38.9 Å². The molecule has 1 atom stereocenters. The number of hydrogen-bond acceptors (Lipinski definition) is 5. The van der Waals surface area contributed by atoms with Gasteiger partial charge in [0.05, 0.1) is 18.1 Å². The molecule has 2 rings (SSSR count). The molecule has 0 aromatic rings. The average Bonchev–Trinajstić information content (AvgIpc) is 2.76. The molecule has 6 nitrogen and oxygen atoms in total. The number of carbonyl (C=O) groups is 1. The van der Waals surface area contributed by atoms with Gasteiger partial charge in [-0.2, -0.15) is 0 Å². The number of hydrogen-bond donors (Lipinski definition) is 2. The fourth-order valence-electron chi connectivity index (χ4n) is 3.04. The van der Waals surface area contributed by atoms with Crippen LogP contribution in [0.4, 0.5) is 0 Å². The summed E-state index contributed by atoms with van der Waals surface area (Å²) in [5, 5.41) is 6.18. The molecule has 0 saturated carbocycles. The Hall–Kier alpha value is -0.660. The maximum atomic E-state index is 12.1. The molecule has 2 N–H and O–H groups in total. The third kappa shape index (κ3) is 4.43. The summed E-state index contributed by atoms with van der Waals surface area (Å²) < 4.78 is 22.8. The second kappa shape index (κ2) is 6.87. The highest BCUT2D eigenvalue weighted by atomic mass is 32.2. The van der Waals surface area contributed by atoms with Crippen molar-refractivity contribution in [1.29, 1.82) is 0 Å². The summed E-state index contributed by atoms with van der Waals surface area (Å²) in [6.07, 6.45) is 2.69. The van der Waals surface area contributed by atoms with E-state index in [4.69, 9.17) is 0 Å². The molecule has 1 unspecified atom stereocenters. The van der Waals surface area contributed by atoms with Crippen molar-refractivity contribution >= 4 is 15.7 Å². The van der Waals surface area contributed by atoms with Crippen LogP contribution in [0.2, 0.25) is 0 Å². The lowest BCUT2D eigenvalue weighted by Gasteiger charge is -2.33. The third-order valence-electron chi connectivity index (χ3n) is 4.18. The Morgan fingerprint density at radius 3 is 2.55 bits per heavy atom. The van der Waals surface area contributed by atoms with Crippen molar-refractivity contribution in [3.63, 3.8) is 0 Å². The molecule has 0 aromatic heterocycles. The Labute approximate surface area is 121 Å². The monoisotopic (exact) mass is 303 g/mol. The van der Waals surface area contributed by atoms with Crippen LogP contribution < -0.4 is 10.6 Å². The number of rotatable bonds is 5. The molecule has 0 aromatic carbocycles.